The van der Waals surface area contributed by atoms with Gasteiger partial charge in [0.15, 0.2) is 0 Å². The summed E-state index contributed by atoms with van der Waals surface area (Å²) in [4.78, 5) is 15.3. The molecule has 8 aromatic rings. The number of nitrogens with zero attached hydrogens (tertiary/aromatic N) is 4. The molecular formula is C52H48N4S2. The van der Waals surface area contributed by atoms with Crippen LogP contribution in [0.25, 0.3) is 63.8 Å². The van der Waals surface area contributed by atoms with Crippen LogP contribution in [-0.2, 0) is 10.8 Å². The average Bonchev–Trinajstić information content (AvgIpc) is 4.05. The van der Waals surface area contributed by atoms with Crippen molar-refractivity contribution in [3.05, 3.63) is 144 Å². The maximum absolute atomic E-state index is 5.03. The second-order valence-electron chi connectivity index (χ2n) is 16.5. The zero-order chi connectivity index (χ0) is 39.2. The van der Waals surface area contributed by atoms with Gasteiger partial charge in [0.25, 0.3) is 0 Å². The van der Waals surface area contributed by atoms with E-state index in [0.29, 0.717) is 0 Å². The molecule has 0 spiro atoms. The van der Waals surface area contributed by atoms with Crippen LogP contribution in [0.5, 0.6) is 0 Å². The molecular weight excluding hydrogens is 745 g/mol. The topological polar surface area (TPSA) is 32.3 Å². The molecule has 0 unspecified atom stereocenters. The zero-order valence-corrected chi connectivity index (χ0v) is 35.4. The second-order valence-corrected chi connectivity index (χ2v) is 18.6. The van der Waals surface area contributed by atoms with Gasteiger partial charge in [-0.3, -0.25) is 0 Å². The lowest BCUT2D eigenvalue weighted by molar-refractivity contribution is 0.490. The van der Waals surface area contributed by atoms with Gasteiger partial charge in [-0.1, -0.05) is 88.4 Å². The van der Waals surface area contributed by atoms with E-state index in [1.54, 1.807) is 22.7 Å². The predicted molar refractivity (Wildman–Crippen MR) is 248 cm³/mol. The minimum atomic E-state index is -0.00259. The molecule has 1 saturated heterocycles. The fourth-order valence-corrected chi connectivity index (χ4v) is 12.8. The van der Waals surface area contributed by atoms with Crippen molar-refractivity contribution in [2.75, 3.05) is 36.0 Å². The lowest BCUT2D eigenvalue weighted by Crippen LogP contribution is -2.46. The van der Waals surface area contributed by atoms with Gasteiger partial charge in [0.2, 0.25) is 0 Å². The highest BCUT2D eigenvalue weighted by Crippen LogP contribution is 2.56. The van der Waals surface area contributed by atoms with Crippen molar-refractivity contribution in [3.63, 3.8) is 0 Å². The zero-order valence-electron chi connectivity index (χ0n) is 33.8. The van der Waals surface area contributed by atoms with Crippen LogP contribution in [0.2, 0.25) is 0 Å². The van der Waals surface area contributed by atoms with E-state index >= 15 is 0 Å². The van der Waals surface area contributed by atoms with Crippen LogP contribution in [0.1, 0.15) is 75.6 Å². The number of hydrogen-bond acceptors (Lipinski definition) is 6. The maximum atomic E-state index is 5.03. The quantitative estimate of drug-likeness (QED) is 0.153. The minimum Gasteiger partial charge on any atom is -0.368 e. The molecule has 0 radical (unpaired) electrons. The van der Waals surface area contributed by atoms with Crippen molar-refractivity contribution in [1.29, 1.82) is 0 Å². The van der Waals surface area contributed by atoms with Gasteiger partial charge in [-0.2, -0.15) is 0 Å². The molecule has 2 aromatic heterocycles. The summed E-state index contributed by atoms with van der Waals surface area (Å²) >= 11 is 3.59. The van der Waals surface area contributed by atoms with Gasteiger partial charge >= 0.3 is 0 Å². The molecule has 58 heavy (non-hydrogen) atoms. The van der Waals surface area contributed by atoms with Crippen molar-refractivity contribution in [3.8, 4) is 43.4 Å². The summed E-state index contributed by atoms with van der Waals surface area (Å²) in [5.74, 6) is 0. The predicted octanol–water partition coefficient (Wildman–Crippen LogP) is 13.7. The summed E-state index contributed by atoms with van der Waals surface area (Å²) in [6.07, 6.45) is 4.30. The molecule has 0 N–H and O–H groups in total. The molecule has 3 aliphatic rings. The van der Waals surface area contributed by atoms with Gasteiger partial charge in [-0.15, -0.1) is 22.7 Å². The Morgan fingerprint density at radius 3 is 1.19 bits per heavy atom. The lowest BCUT2D eigenvalue weighted by atomic mass is 9.73. The molecule has 11 rings (SSSR count). The third-order valence-electron chi connectivity index (χ3n) is 14.2. The van der Waals surface area contributed by atoms with E-state index < -0.39 is 0 Å². The van der Waals surface area contributed by atoms with E-state index in [4.69, 9.17) is 9.97 Å². The first-order chi connectivity index (χ1) is 28.5. The number of thiazole rings is 2. The average molecular weight is 793 g/mol. The minimum absolute atomic E-state index is 0.00259. The molecule has 0 amide bonds. The number of hydrogen-bond donors (Lipinski definition) is 0. The summed E-state index contributed by atoms with van der Waals surface area (Å²) in [6, 6.07) is 45.9. The van der Waals surface area contributed by atoms with E-state index in [1.165, 1.54) is 76.4 Å². The van der Waals surface area contributed by atoms with Gasteiger partial charge in [-0.05, 0) is 131 Å². The summed E-state index contributed by atoms with van der Waals surface area (Å²) in [7, 11) is 0. The molecule has 1 aliphatic heterocycles. The Morgan fingerprint density at radius 2 is 0.810 bits per heavy atom. The first-order valence-corrected chi connectivity index (χ1v) is 22.9. The van der Waals surface area contributed by atoms with E-state index in [2.05, 4.69) is 159 Å². The smallest absolute Gasteiger partial charge is 0.124 e. The Kier molecular flexibility index (Phi) is 8.43. The summed E-state index contributed by atoms with van der Waals surface area (Å²) in [5, 5.41) is 2.22. The van der Waals surface area contributed by atoms with Gasteiger partial charge in [0.05, 0.1) is 20.4 Å². The number of aromatic nitrogens is 2. The van der Waals surface area contributed by atoms with Crippen LogP contribution in [0.4, 0.5) is 11.4 Å². The second kappa shape index (κ2) is 13.6. The van der Waals surface area contributed by atoms with E-state index in [-0.39, 0.29) is 10.8 Å². The molecule has 6 heteroatoms. The molecule has 0 saturated carbocycles. The van der Waals surface area contributed by atoms with Crippen molar-refractivity contribution in [2.45, 2.75) is 64.2 Å². The Labute approximate surface area is 349 Å². The van der Waals surface area contributed by atoms with Gasteiger partial charge in [0.1, 0.15) is 10.0 Å². The van der Waals surface area contributed by atoms with E-state index in [1.807, 2.05) is 0 Å². The van der Waals surface area contributed by atoms with E-state index in [0.717, 1.165) is 72.9 Å². The summed E-state index contributed by atoms with van der Waals surface area (Å²) < 4.78 is 2.49. The highest BCUT2D eigenvalue weighted by atomic mass is 32.1. The molecule has 0 bridgehead atoms. The number of piperazine rings is 1. The first-order valence-electron chi connectivity index (χ1n) is 21.3. The Balaban J connectivity index is 0.855. The van der Waals surface area contributed by atoms with Crippen LogP contribution >= 0.6 is 22.7 Å². The fraction of sp³-hybridized carbons (Fsp3) is 0.269. The number of rotatable bonds is 8. The van der Waals surface area contributed by atoms with Crippen LogP contribution in [0.15, 0.2) is 121 Å². The summed E-state index contributed by atoms with van der Waals surface area (Å²) in [6.45, 7) is 13.5. The van der Waals surface area contributed by atoms with E-state index in [9.17, 15) is 0 Å². The highest BCUT2D eigenvalue weighted by molar-refractivity contribution is 7.22. The van der Waals surface area contributed by atoms with Gasteiger partial charge < -0.3 is 9.80 Å². The molecule has 3 heterocycles. The number of anilines is 2. The molecule has 6 aromatic carbocycles. The SMILES string of the molecule is CCC1(CC)c2cc(-c3nc4ccccc4s3)ccc2-c2ccc(N3CCN(c4ccc5c(c4)C(CC)(CC)c4cc(-c6nc7ccccc7s6)ccc4-5)CC3)cc21. The van der Waals surface area contributed by atoms with Crippen molar-refractivity contribution < 1.29 is 0 Å². The van der Waals surface area contributed by atoms with Crippen LogP contribution in [0, 0.1) is 0 Å². The number of fused-ring (bicyclic) bond motifs is 8. The fourth-order valence-electron chi connectivity index (χ4n) is 10.9. The van der Waals surface area contributed by atoms with Crippen LogP contribution < -0.4 is 9.80 Å². The summed E-state index contributed by atoms with van der Waals surface area (Å²) in [5.41, 5.74) is 18.8. The van der Waals surface area contributed by atoms with Crippen molar-refractivity contribution in [2.24, 2.45) is 0 Å². The van der Waals surface area contributed by atoms with Gasteiger partial charge in [0, 0.05) is 59.5 Å². The Bertz CT molecular complexity index is 2620. The molecule has 4 nitrogen and oxygen atoms in total. The third kappa shape index (κ3) is 5.23. The Hall–Kier alpha value is -5.30. The third-order valence-corrected chi connectivity index (χ3v) is 16.4. The van der Waals surface area contributed by atoms with Crippen LogP contribution in [-0.4, -0.2) is 36.1 Å². The van der Waals surface area contributed by atoms with Crippen molar-refractivity contribution >= 4 is 54.5 Å². The normalized spacial score (nSPS) is 16.1. The standard InChI is InChI=1S/C52H48N4S2/c1-5-51(6-2)41-29-33(49-53-45-13-9-11-15-47(45)57-49)17-21-37(41)39-23-19-35(31-43(39)51)55-25-27-56(28-26-55)36-20-24-40-38-22-18-34(50-54-46-14-10-12-16-48(46)58-50)30-42(38)52(7-3,8-4)44(40)32-36/h9-24,29-32H,5-8,25-28H2,1-4H3. The number of para-hydroxylation sites is 2. The molecule has 0 atom stereocenters. The monoisotopic (exact) mass is 792 g/mol. The van der Waals surface area contributed by atoms with Crippen LogP contribution in [0.3, 0.4) is 0 Å². The molecule has 2 aliphatic carbocycles. The first kappa shape index (κ1) is 35.8. The molecule has 288 valence electrons. The maximum Gasteiger partial charge on any atom is 0.124 e. The highest BCUT2D eigenvalue weighted by Gasteiger charge is 2.43. The lowest BCUT2D eigenvalue weighted by Gasteiger charge is -2.39. The Morgan fingerprint density at radius 1 is 0.448 bits per heavy atom. The molecule has 1 fully saturated rings. The largest absolute Gasteiger partial charge is 0.368 e. The number of benzene rings is 6. The van der Waals surface area contributed by atoms with Crippen molar-refractivity contribution in [1.82, 2.24) is 9.97 Å². The van der Waals surface area contributed by atoms with Gasteiger partial charge in [-0.25, -0.2) is 9.97 Å².